The van der Waals surface area contributed by atoms with Crippen LogP contribution < -0.4 is 10.6 Å². The number of aryl methyl sites for hydroxylation is 1. The molecule has 32 heavy (non-hydrogen) atoms. The first-order valence-electron chi connectivity index (χ1n) is 10.9. The summed E-state index contributed by atoms with van der Waals surface area (Å²) >= 11 is 0. The smallest absolute Gasteiger partial charge is 0.408 e. The molecule has 0 heterocycles. The minimum absolute atomic E-state index is 0.345. The number of benzene rings is 1. The molecule has 1 aromatic carbocycles. The van der Waals surface area contributed by atoms with Crippen molar-refractivity contribution in [3.05, 3.63) is 35.4 Å². The summed E-state index contributed by atoms with van der Waals surface area (Å²) in [4.78, 5) is 40.6. The molecule has 1 rings (SSSR count). The quantitative estimate of drug-likeness (QED) is 0.593. The highest BCUT2D eigenvalue weighted by molar-refractivity contribution is 5.92. The van der Waals surface area contributed by atoms with Crippen LogP contribution in [0.1, 0.15) is 72.6 Å². The van der Waals surface area contributed by atoms with E-state index >= 15 is 0 Å². The molecule has 2 unspecified atom stereocenters. The molecule has 0 bridgehead atoms. The van der Waals surface area contributed by atoms with Gasteiger partial charge in [-0.05, 0) is 73.4 Å². The number of hydrogen-bond donors (Lipinski definition) is 3. The zero-order valence-electron chi connectivity index (χ0n) is 20.8. The van der Waals surface area contributed by atoms with Crippen molar-refractivity contribution in [2.24, 2.45) is 0 Å². The Labute approximate surface area is 191 Å². The second kappa shape index (κ2) is 10.8. The highest BCUT2D eigenvalue weighted by Crippen LogP contribution is 2.28. The van der Waals surface area contributed by atoms with Gasteiger partial charge in [0, 0.05) is 11.6 Å². The zero-order chi connectivity index (χ0) is 24.9. The van der Waals surface area contributed by atoms with Crippen LogP contribution in [0.5, 0.6) is 0 Å². The van der Waals surface area contributed by atoms with Gasteiger partial charge in [-0.2, -0.15) is 0 Å². The number of carbonyl (C=O) groups excluding carboxylic acids is 3. The predicted molar refractivity (Wildman–Crippen MR) is 124 cm³/mol. The SMILES string of the molecule is Cc1ccccc1C(C(=O)NC(C)(C)C)N(C(=O)C(CO)NC(=O)OC(C)(C)C)C(C)C. The van der Waals surface area contributed by atoms with Crippen molar-refractivity contribution in [1.82, 2.24) is 15.5 Å². The molecular weight excluding hydrogens is 410 g/mol. The van der Waals surface area contributed by atoms with Crippen molar-refractivity contribution in [2.75, 3.05) is 6.61 Å². The molecule has 1 aromatic rings. The normalized spacial score (nSPS) is 13.8. The lowest BCUT2D eigenvalue weighted by molar-refractivity contribution is -0.145. The van der Waals surface area contributed by atoms with Gasteiger partial charge in [0.25, 0.3) is 0 Å². The van der Waals surface area contributed by atoms with Gasteiger partial charge in [0.1, 0.15) is 17.7 Å². The van der Waals surface area contributed by atoms with Gasteiger partial charge in [0.15, 0.2) is 0 Å². The van der Waals surface area contributed by atoms with E-state index < -0.39 is 47.9 Å². The lowest BCUT2D eigenvalue weighted by atomic mass is 9.96. The van der Waals surface area contributed by atoms with E-state index in [4.69, 9.17) is 4.74 Å². The van der Waals surface area contributed by atoms with Crippen LogP contribution in [0.15, 0.2) is 24.3 Å². The van der Waals surface area contributed by atoms with Gasteiger partial charge in [0.2, 0.25) is 11.8 Å². The molecule has 3 N–H and O–H groups in total. The molecule has 0 radical (unpaired) electrons. The van der Waals surface area contributed by atoms with E-state index in [1.54, 1.807) is 40.7 Å². The minimum Gasteiger partial charge on any atom is -0.444 e. The van der Waals surface area contributed by atoms with Gasteiger partial charge in [0.05, 0.1) is 6.61 Å². The highest BCUT2D eigenvalue weighted by atomic mass is 16.6. The van der Waals surface area contributed by atoms with Crippen LogP contribution in [0.3, 0.4) is 0 Å². The molecule has 0 aliphatic carbocycles. The maximum atomic E-state index is 13.5. The number of ether oxygens (including phenoxy) is 1. The molecule has 0 aliphatic rings. The van der Waals surface area contributed by atoms with E-state index in [-0.39, 0.29) is 5.91 Å². The van der Waals surface area contributed by atoms with Crippen LogP contribution in [0.25, 0.3) is 0 Å². The summed E-state index contributed by atoms with van der Waals surface area (Å²) in [6, 6.07) is 4.74. The number of rotatable bonds is 7. The topological polar surface area (TPSA) is 108 Å². The van der Waals surface area contributed by atoms with Crippen molar-refractivity contribution < 1.29 is 24.2 Å². The third-order valence-corrected chi connectivity index (χ3v) is 4.49. The van der Waals surface area contributed by atoms with Gasteiger partial charge in [-0.25, -0.2) is 4.79 Å². The number of amides is 3. The van der Waals surface area contributed by atoms with Gasteiger partial charge in [-0.3, -0.25) is 9.59 Å². The van der Waals surface area contributed by atoms with Crippen LogP contribution in [-0.2, 0) is 14.3 Å². The highest BCUT2D eigenvalue weighted by Gasteiger charge is 2.39. The summed E-state index contributed by atoms with van der Waals surface area (Å²) in [6.45, 7) is 15.5. The Balaban J connectivity index is 3.41. The molecule has 2 atom stereocenters. The maximum absolute atomic E-state index is 13.5. The zero-order valence-corrected chi connectivity index (χ0v) is 20.8. The first-order valence-corrected chi connectivity index (χ1v) is 10.9. The Bertz CT molecular complexity index is 809. The van der Waals surface area contributed by atoms with Crippen LogP contribution in [0, 0.1) is 6.92 Å². The average molecular weight is 450 g/mol. The Kier molecular flexibility index (Phi) is 9.26. The molecule has 8 heteroatoms. The van der Waals surface area contributed by atoms with Gasteiger partial charge >= 0.3 is 6.09 Å². The second-order valence-corrected chi connectivity index (χ2v) is 10.2. The Hall–Kier alpha value is -2.61. The standard InChI is InChI=1S/C24H39N3O5/c1-15(2)27(21(30)18(14-28)25-22(31)32-24(7,8)9)19(20(29)26-23(4,5)6)17-13-11-10-12-16(17)3/h10-13,15,18-19,28H,14H2,1-9H3,(H,25,31)(H,26,29). The molecule has 0 aromatic heterocycles. The van der Waals surface area contributed by atoms with E-state index in [2.05, 4.69) is 10.6 Å². The van der Waals surface area contributed by atoms with Crippen LogP contribution in [0.2, 0.25) is 0 Å². The molecular formula is C24H39N3O5. The molecule has 0 aliphatic heterocycles. The molecule has 0 fully saturated rings. The fourth-order valence-corrected chi connectivity index (χ4v) is 3.24. The average Bonchev–Trinajstić information content (AvgIpc) is 2.61. The Morgan fingerprint density at radius 1 is 1.06 bits per heavy atom. The van der Waals surface area contributed by atoms with Crippen LogP contribution >= 0.6 is 0 Å². The number of alkyl carbamates (subject to hydrolysis) is 1. The molecule has 0 spiro atoms. The fraction of sp³-hybridized carbons (Fsp3) is 0.625. The molecule has 180 valence electrons. The molecule has 0 saturated carbocycles. The molecule has 8 nitrogen and oxygen atoms in total. The number of aliphatic hydroxyl groups excluding tert-OH is 1. The first-order chi connectivity index (χ1) is 14.6. The molecule has 0 saturated heterocycles. The van der Waals surface area contributed by atoms with E-state index in [1.807, 2.05) is 45.9 Å². The summed E-state index contributed by atoms with van der Waals surface area (Å²) in [5, 5.41) is 15.3. The second-order valence-electron chi connectivity index (χ2n) is 10.2. The Morgan fingerprint density at radius 2 is 1.62 bits per heavy atom. The van der Waals surface area contributed by atoms with Gasteiger partial charge in [-0.1, -0.05) is 24.3 Å². The fourth-order valence-electron chi connectivity index (χ4n) is 3.24. The minimum atomic E-state index is -1.26. The summed E-state index contributed by atoms with van der Waals surface area (Å²) in [5.74, 6) is -0.923. The van der Waals surface area contributed by atoms with Gasteiger partial charge < -0.3 is 25.4 Å². The van der Waals surface area contributed by atoms with Crippen molar-refractivity contribution in [3.63, 3.8) is 0 Å². The van der Waals surface area contributed by atoms with E-state index in [0.717, 1.165) is 5.56 Å². The maximum Gasteiger partial charge on any atom is 0.408 e. The van der Waals surface area contributed by atoms with Crippen molar-refractivity contribution in [1.29, 1.82) is 0 Å². The third-order valence-electron chi connectivity index (χ3n) is 4.49. The van der Waals surface area contributed by atoms with Crippen LogP contribution in [-0.4, -0.2) is 57.7 Å². The predicted octanol–water partition coefficient (Wildman–Crippen LogP) is 3.07. The number of hydrogen-bond acceptors (Lipinski definition) is 5. The summed E-state index contributed by atoms with van der Waals surface area (Å²) < 4.78 is 5.23. The third kappa shape index (κ3) is 8.15. The van der Waals surface area contributed by atoms with E-state index in [0.29, 0.717) is 5.56 Å². The summed E-state index contributed by atoms with van der Waals surface area (Å²) in [7, 11) is 0. The van der Waals surface area contributed by atoms with Gasteiger partial charge in [-0.15, -0.1) is 0 Å². The number of carbonyl (C=O) groups is 3. The number of nitrogens with one attached hydrogen (secondary N) is 2. The number of nitrogens with zero attached hydrogens (tertiary/aromatic N) is 1. The van der Waals surface area contributed by atoms with Crippen molar-refractivity contribution in [2.45, 2.75) is 91.6 Å². The van der Waals surface area contributed by atoms with E-state index in [1.165, 1.54) is 4.90 Å². The monoisotopic (exact) mass is 449 g/mol. The summed E-state index contributed by atoms with van der Waals surface area (Å²) in [6.07, 6.45) is -0.819. The lowest BCUT2D eigenvalue weighted by Gasteiger charge is -2.38. The molecule has 3 amide bonds. The largest absolute Gasteiger partial charge is 0.444 e. The number of aliphatic hydroxyl groups is 1. The Morgan fingerprint density at radius 3 is 2.06 bits per heavy atom. The summed E-state index contributed by atoms with van der Waals surface area (Å²) in [5.41, 5.74) is 0.238. The first kappa shape index (κ1) is 27.4. The van der Waals surface area contributed by atoms with E-state index in [9.17, 15) is 19.5 Å². The lowest BCUT2D eigenvalue weighted by Crippen LogP contribution is -2.57. The van der Waals surface area contributed by atoms with Crippen molar-refractivity contribution >= 4 is 17.9 Å². The van der Waals surface area contributed by atoms with Crippen LogP contribution in [0.4, 0.5) is 4.79 Å². The van der Waals surface area contributed by atoms with Crippen molar-refractivity contribution in [3.8, 4) is 0 Å².